The Kier molecular flexibility index (Phi) is 6.33. The lowest BCUT2D eigenvalue weighted by Gasteiger charge is -2.04. The fraction of sp³-hybridized carbons (Fsp3) is 0.214. The normalized spacial score (nSPS) is 12.2. The van der Waals surface area contributed by atoms with E-state index in [1.54, 1.807) is 12.1 Å². The molecule has 0 bridgehead atoms. The molecule has 1 unspecified atom stereocenters. The largest absolute Gasteiger partial charge is 0.504 e. The van der Waals surface area contributed by atoms with Crippen molar-refractivity contribution in [3.05, 3.63) is 41.2 Å². The van der Waals surface area contributed by atoms with Gasteiger partial charge in [-0.2, -0.15) is 10.2 Å². The molecule has 0 aliphatic rings. The number of carbonyl (C=O) groups excluding carboxylic acids is 1. The minimum Gasteiger partial charge on any atom is -0.504 e. The van der Waals surface area contributed by atoms with E-state index in [0.717, 1.165) is 0 Å². The molecule has 0 spiro atoms. The van der Waals surface area contributed by atoms with Gasteiger partial charge in [-0.1, -0.05) is 11.6 Å². The van der Waals surface area contributed by atoms with Crippen LogP contribution in [0.15, 0.2) is 35.7 Å². The number of methoxy groups -OCH3 is 1. The molecule has 0 fully saturated rings. The highest BCUT2D eigenvalue weighted by atomic mass is 35.5. The molecule has 0 saturated heterocycles. The van der Waals surface area contributed by atoms with Gasteiger partial charge in [-0.15, -0.1) is 0 Å². The third kappa shape index (κ3) is 5.36. The van der Waals surface area contributed by atoms with Crippen LogP contribution in [0.25, 0.3) is 0 Å². The SMILES string of the molecule is COc1cc(/C=N/NC(=O)CS(=O)Cn2cc(Cl)cn2)ccc1O. The lowest BCUT2D eigenvalue weighted by atomic mass is 10.2. The first kappa shape index (κ1) is 18.0. The first-order chi connectivity index (χ1) is 11.5. The average molecular weight is 371 g/mol. The summed E-state index contributed by atoms with van der Waals surface area (Å²) in [6.45, 7) is 0. The molecule has 1 atom stereocenters. The monoisotopic (exact) mass is 370 g/mol. The van der Waals surface area contributed by atoms with Gasteiger partial charge in [0, 0.05) is 6.20 Å². The van der Waals surface area contributed by atoms with Crippen LogP contribution in [0.3, 0.4) is 0 Å². The molecule has 1 amide bonds. The van der Waals surface area contributed by atoms with Crippen molar-refractivity contribution in [2.24, 2.45) is 5.10 Å². The molecule has 8 nitrogen and oxygen atoms in total. The zero-order chi connectivity index (χ0) is 17.5. The summed E-state index contributed by atoms with van der Waals surface area (Å²) in [4.78, 5) is 11.7. The number of hydrogen-bond donors (Lipinski definition) is 2. The van der Waals surface area contributed by atoms with Crippen molar-refractivity contribution in [1.29, 1.82) is 0 Å². The molecule has 0 saturated carbocycles. The number of hydrazone groups is 1. The van der Waals surface area contributed by atoms with Gasteiger partial charge in [0.05, 0.1) is 35.3 Å². The van der Waals surface area contributed by atoms with Crippen LogP contribution in [0, 0.1) is 0 Å². The van der Waals surface area contributed by atoms with E-state index in [2.05, 4.69) is 15.6 Å². The van der Waals surface area contributed by atoms with Crippen LogP contribution in [-0.4, -0.2) is 44.1 Å². The number of phenols is 1. The van der Waals surface area contributed by atoms with E-state index in [0.29, 0.717) is 16.3 Å². The van der Waals surface area contributed by atoms with Crippen LogP contribution in [0.5, 0.6) is 11.5 Å². The van der Waals surface area contributed by atoms with Gasteiger partial charge >= 0.3 is 0 Å². The fourth-order valence-corrected chi connectivity index (χ4v) is 2.77. The molecule has 24 heavy (non-hydrogen) atoms. The predicted molar refractivity (Wildman–Crippen MR) is 90.6 cm³/mol. The molecule has 1 aromatic carbocycles. The summed E-state index contributed by atoms with van der Waals surface area (Å²) in [6, 6.07) is 4.62. The van der Waals surface area contributed by atoms with Gasteiger partial charge in [-0.3, -0.25) is 13.7 Å². The highest BCUT2D eigenvalue weighted by Gasteiger charge is 2.09. The van der Waals surface area contributed by atoms with Gasteiger partial charge in [0.1, 0.15) is 11.6 Å². The van der Waals surface area contributed by atoms with E-state index >= 15 is 0 Å². The number of aromatic nitrogens is 2. The molecule has 0 aliphatic heterocycles. The number of rotatable bonds is 7. The fourth-order valence-electron chi connectivity index (χ4n) is 1.73. The summed E-state index contributed by atoms with van der Waals surface area (Å²) in [5.74, 6) is -0.335. The maximum absolute atomic E-state index is 11.8. The molecule has 0 aliphatic carbocycles. The molecular weight excluding hydrogens is 356 g/mol. The van der Waals surface area contributed by atoms with Gasteiger partial charge in [0.15, 0.2) is 11.5 Å². The van der Waals surface area contributed by atoms with E-state index in [-0.39, 0.29) is 17.4 Å². The molecule has 1 aromatic heterocycles. The molecule has 10 heteroatoms. The number of benzene rings is 1. The van der Waals surface area contributed by atoms with Crippen LogP contribution >= 0.6 is 11.6 Å². The summed E-state index contributed by atoms with van der Waals surface area (Å²) in [5, 5.41) is 17.6. The first-order valence-electron chi connectivity index (χ1n) is 6.70. The van der Waals surface area contributed by atoms with Gasteiger partial charge in [-0.05, 0) is 23.8 Å². The van der Waals surface area contributed by atoms with Crippen molar-refractivity contribution in [3.63, 3.8) is 0 Å². The van der Waals surface area contributed by atoms with Crippen LogP contribution in [-0.2, 0) is 21.5 Å². The zero-order valence-electron chi connectivity index (χ0n) is 12.7. The third-order valence-corrected chi connectivity index (χ3v) is 4.11. The number of aromatic hydroxyl groups is 1. The van der Waals surface area contributed by atoms with E-state index in [4.69, 9.17) is 16.3 Å². The van der Waals surface area contributed by atoms with Gasteiger partial charge in [0.25, 0.3) is 5.91 Å². The van der Waals surface area contributed by atoms with Gasteiger partial charge in [0.2, 0.25) is 0 Å². The average Bonchev–Trinajstić information content (AvgIpc) is 2.93. The highest BCUT2D eigenvalue weighted by Crippen LogP contribution is 2.25. The molecule has 2 N–H and O–H groups in total. The van der Waals surface area contributed by atoms with Crippen LogP contribution in [0.2, 0.25) is 5.02 Å². The summed E-state index contributed by atoms with van der Waals surface area (Å²) < 4.78 is 18.2. The van der Waals surface area contributed by atoms with E-state index in [9.17, 15) is 14.1 Å². The molecule has 1 heterocycles. The number of amides is 1. The van der Waals surface area contributed by atoms with Crippen LogP contribution < -0.4 is 10.2 Å². The summed E-state index contributed by atoms with van der Waals surface area (Å²) in [5.41, 5.74) is 2.91. The van der Waals surface area contributed by atoms with E-state index < -0.39 is 16.7 Å². The molecule has 2 aromatic rings. The van der Waals surface area contributed by atoms with Gasteiger partial charge in [-0.25, -0.2) is 5.43 Å². The molecule has 2 rings (SSSR count). The Hall–Kier alpha value is -2.39. The summed E-state index contributed by atoms with van der Waals surface area (Å²) >= 11 is 5.70. The number of phenolic OH excluding ortho intramolecular Hbond substituents is 1. The highest BCUT2D eigenvalue weighted by molar-refractivity contribution is 7.84. The third-order valence-electron chi connectivity index (χ3n) is 2.78. The zero-order valence-corrected chi connectivity index (χ0v) is 14.3. The molecular formula is C14H15ClN4O4S. The quantitative estimate of drug-likeness (QED) is 0.561. The lowest BCUT2D eigenvalue weighted by molar-refractivity contribution is -0.118. The van der Waals surface area contributed by atoms with Crippen molar-refractivity contribution < 1.29 is 18.8 Å². The lowest BCUT2D eigenvalue weighted by Crippen LogP contribution is -2.25. The maximum atomic E-state index is 11.8. The minimum absolute atomic E-state index is 0.00723. The first-order valence-corrected chi connectivity index (χ1v) is 8.56. The number of nitrogens with zero attached hydrogens (tertiary/aromatic N) is 3. The van der Waals surface area contributed by atoms with E-state index in [1.165, 1.54) is 36.5 Å². The number of ether oxygens (including phenoxy) is 1. The Labute approximate surface area is 145 Å². The second-order valence-electron chi connectivity index (χ2n) is 4.64. The number of hydrogen-bond acceptors (Lipinski definition) is 6. The summed E-state index contributed by atoms with van der Waals surface area (Å²) in [6.07, 6.45) is 4.33. The predicted octanol–water partition coefficient (Wildman–Crippen LogP) is 1.11. The van der Waals surface area contributed by atoms with Crippen molar-refractivity contribution >= 4 is 34.5 Å². The Bertz CT molecular complexity index is 778. The van der Waals surface area contributed by atoms with Crippen LogP contribution in [0.4, 0.5) is 0 Å². The second kappa shape index (κ2) is 8.46. The molecule has 128 valence electrons. The van der Waals surface area contributed by atoms with E-state index in [1.807, 2.05) is 0 Å². The van der Waals surface area contributed by atoms with Crippen molar-refractivity contribution in [3.8, 4) is 11.5 Å². The van der Waals surface area contributed by atoms with Crippen molar-refractivity contribution in [2.45, 2.75) is 5.88 Å². The Balaban J connectivity index is 1.83. The standard InChI is InChI=1S/C14H15ClN4O4S/c1-23-13-4-10(2-3-12(13)20)5-16-18-14(21)8-24(22)9-19-7-11(15)6-17-19/h2-7,20H,8-9H2,1H3,(H,18,21)/b16-5+. The number of halogens is 1. The Morgan fingerprint density at radius 1 is 1.58 bits per heavy atom. The number of carbonyl (C=O) groups is 1. The number of nitrogens with one attached hydrogen (secondary N) is 1. The Morgan fingerprint density at radius 2 is 2.38 bits per heavy atom. The summed E-state index contributed by atoms with van der Waals surface area (Å²) in [7, 11) is -0.0107. The Morgan fingerprint density at radius 3 is 3.04 bits per heavy atom. The molecule has 0 radical (unpaired) electrons. The topological polar surface area (TPSA) is 106 Å². The minimum atomic E-state index is -1.44. The van der Waals surface area contributed by atoms with Crippen molar-refractivity contribution in [2.75, 3.05) is 12.9 Å². The van der Waals surface area contributed by atoms with Crippen LogP contribution in [0.1, 0.15) is 5.56 Å². The second-order valence-corrected chi connectivity index (χ2v) is 6.50. The maximum Gasteiger partial charge on any atom is 0.252 e. The van der Waals surface area contributed by atoms with Gasteiger partial charge < -0.3 is 9.84 Å². The smallest absolute Gasteiger partial charge is 0.252 e. The van der Waals surface area contributed by atoms with Crippen molar-refractivity contribution in [1.82, 2.24) is 15.2 Å².